The Labute approximate surface area is 87.0 Å². The van der Waals surface area contributed by atoms with Crippen LogP contribution in [0.2, 0.25) is 0 Å². The molecule has 0 bridgehead atoms. The van der Waals surface area contributed by atoms with E-state index < -0.39 is 0 Å². The Balaban J connectivity index is 1.83. The van der Waals surface area contributed by atoms with E-state index in [0.717, 1.165) is 18.5 Å². The van der Waals surface area contributed by atoms with Gasteiger partial charge in [-0.1, -0.05) is 0 Å². The van der Waals surface area contributed by atoms with Crippen LogP contribution in [0.3, 0.4) is 0 Å². The molecule has 2 fully saturated rings. The summed E-state index contributed by atoms with van der Waals surface area (Å²) in [6.45, 7) is 5.84. The zero-order valence-electron chi connectivity index (χ0n) is 9.04. The molecule has 82 valence electrons. The first-order valence-electron chi connectivity index (χ1n) is 6.05. The first-order chi connectivity index (χ1) is 6.90. The molecular formula is C11H23N3. The quantitative estimate of drug-likeness (QED) is 0.674. The molecule has 0 radical (unpaired) electrons. The van der Waals surface area contributed by atoms with Gasteiger partial charge in [0.25, 0.3) is 0 Å². The van der Waals surface area contributed by atoms with Crippen LogP contribution in [0.4, 0.5) is 0 Å². The van der Waals surface area contributed by atoms with E-state index in [4.69, 9.17) is 5.73 Å². The lowest BCUT2D eigenvalue weighted by Gasteiger charge is -2.39. The van der Waals surface area contributed by atoms with E-state index in [2.05, 4.69) is 10.2 Å². The number of nitrogens with zero attached hydrogens (tertiary/aromatic N) is 1. The van der Waals surface area contributed by atoms with Gasteiger partial charge in [-0.2, -0.15) is 0 Å². The molecule has 0 aromatic heterocycles. The minimum absolute atomic E-state index is 0.763. The van der Waals surface area contributed by atoms with Gasteiger partial charge >= 0.3 is 0 Å². The highest BCUT2D eigenvalue weighted by molar-refractivity contribution is 4.82. The van der Waals surface area contributed by atoms with Crippen LogP contribution in [-0.4, -0.2) is 43.7 Å². The Bertz CT molecular complexity index is 166. The van der Waals surface area contributed by atoms with Crippen LogP contribution < -0.4 is 11.1 Å². The summed E-state index contributed by atoms with van der Waals surface area (Å²) in [7, 11) is 0. The molecule has 0 aliphatic carbocycles. The highest BCUT2D eigenvalue weighted by Crippen LogP contribution is 2.21. The van der Waals surface area contributed by atoms with E-state index in [9.17, 15) is 0 Å². The summed E-state index contributed by atoms with van der Waals surface area (Å²) in [5.74, 6) is 0.763. The molecule has 0 spiro atoms. The number of rotatable bonds is 2. The minimum Gasteiger partial charge on any atom is -0.330 e. The third-order valence-corrected chi connectivity index (χ3v) is 3.71. The second kappa shape index (κ2) is 5.10. The van der Waals surface area contributed by atoms with Crippen LogP contribution in [0.25, 0.3) is 0 Å². The highest BCUT2D eigenvalue weighted by atomic mass is 15.2. The number of hydrogen-bond donors (Lipinski definition) is 2. The molecule has 2 aliphatic rings. The predicted molar refractivity (Wildman–Crippen MR) is 59.2 cm³/mol. The Kier molecular flexibility index (Phi) is 3.79. The Morgan fingerprint density at radius 1 is 1.21 bits per heavy atom. The van der Waals surface area contributed by atoms with E-state index in [1.54, 1.807) is 0 Å². The predicted octanol–water partition coefficient (Wildman–Crippen LogP) is 0.409. The lowest BCUT2D eigenvalue weighted by molar-refractivity contribution is 0.105. The molecule has 0 aromatic rings. The SMILES string of the molecule is NCC1CCCN(C2CCNCC2)C1. The van der Waals surface area contributed by atoms with Crippen LogP contribution in [0.15, 0.2) is 0 Å². The maximum atomic E-state index is 5.76. The number of nitrogens with one attached hydrogen (secondary N) is 1. The number of likely N-dealkylation sites (tertiary alicyclic amines) is 1. The zero-order chi connectivity index (χ0) is 9.80. The summed E-state index contributed by atoms with van der Waals surface area (Å²) in [6.07, 6.45) is 5.36. The van der Waals surface area contributed by atoms with Crippen LogP contribution in [-0.2, 0) is 0 Å². The Morgan fingerprint density at radius 2 is 2.00 bits per heavy atom. The number of nitrogens with two attached hydrogens (primary N) is 1. The van der Waals surface area contributed by atoms with E-state index >= 15 is 0 Å². The van der Waals surface area contributed by atoms with Gasteiger partial charge in [-0.05, 0) is 57.8 Å². The maximum Gasteiger partial charge on any atom is 0.0119 e. The summed E-state index contributed by atoms with van der Waals surface area (Å²) in [5, 5.41) is 3.43. The van der Waals surface area contributed by atoms with E-state index in [1.807, 2.05) is 0 Å². The van der Waals surface area contributed by atoms with Crippen molar-refractivity contribution in [3.8, 4) is 0 Å². The van der Waals surface area contributed by atoms with Gasteiger partial charge in [0, 0.05) is 12.6 Å². The number of hydrogen-bond acceptors (Lipinski definition) is 3. The van der Waals surface area contributed by atoms with Gasteiger partial charge in [-0.3, -0.25) is 4.90 Å². The normalized spacial score (nSPS) is 31.9. The lowest BCUT2D eigenvalue weighted by Crippen LogP contribution is -2.48. The van der Waals surface area contributed by atoms with Gasteiger partial charge in [0.05, 0.1) is 0 Å². The van der Waals surface area contributed by atoms with Gasteiger partial charge in [-0.25, -0.2) is 0 Å². The van der Waals surface area contributed by atoms with Crippen LogP contribution in [0, 0.1) is 5.92 Å². The first kappa shape index (κ1) is 10.4. The summed E-state index contributed by atoms with van der Waals surface area (Å²) < 4.78 is 0. The third kappa shape index (κ3) is 2.47. The maximum absolute atomic E-state index is 5.76. The molecule has 0 amide bonds. The second-order valence-electron chi connectivity index (χ2n) is 4.72. The Morgan fingerprint density at radius 3 is 2.71 bits per heavy atom. The monoisotopic (exact) mass is 197 g/mol. The molecule has 3 nitrogen and oxygen atoms in total. The fourth-order valence-electron chi connectivity index (χ4n) is 2.79. The van der Waals surface area contributed by atoms with Crippen molar-refractivity contribution in [2.45, 2.75) is 31.7 Å². The molecule has 0 saturated carbocycles. The van der Waals surface area contributed by atoms with Crippen LogP contribution >= 0.6 is 0 Å². The standard InChI is InChI=1S/C11H23N3/c12-8-10-2-1-7-14(9-10)11-3-5-13-6-4-11/h10-11,13H,1-9,12H2. The van der Waals surface area contributed by atoms with Gasteiger partial charge < -0.3 is 11.1 Å². The minimum atomic E-state index is 0.763. The van der Waals surface area contributed by atoms with Crippen molar-refractivity contribution < 1.29 is 0 Å². The summed E-state index contributed by atoms with van der Waals surface area (Å²) in [6, 6.07) is 0.839. The Hall–Kier alpha value is -0.120. The summed E-state index contributed by atoms with van der Waals surface area (Å²) in [5.41, 5.74) is 5.76. The molecule has 1 unspecified atom stereocenters. The highest BCUT2D eigenvalue weighted by Gasteiger charge is 2.25. The molecule has 2 aliphatic heterocycles. The molecule has 1 atom stereocenters. The molecular weight excluding hydrogens is 174 g/mol. The van der Waals surface area contributed by atoms with Crippen molar-refractivity contribution in [3.05, 3.63) is 0 Å². The van der Waals surface area contributed by atoms with Crippen molar-refractivity contribution in [1.82, 2.24) is 10.2 Å². The average molecular weight is 197 g/mol. The third-order valence-electron chi connectivity index (χ3n) is 3.71. The van der Waals surface area contributed by atoms with E-state index in [-0.39, 0.29) is 0 Å². The van der Waals surface area contributed by atoms with E-state index in [1.165, 1.54) is 51.9 Å². The molecule has 3 heteroatoms. The number of piperidine rings is 2. The van der Waals surface area contributed by atoms with Gasteiger partial charge in [-0.15, -0.1) is 0 Å². The van der Waals surface area contributed by atoms with Crippen molar-refractivity contribution in [2.24, 2.45) is 11.7 Å². The molecule has 2 heterocycles. The topological polar surface area (TPSA) is 41.3 Å². The first-order valence-corrected chi connectivity index (χ1v) is 6.05. The molecule has 3 N–H and O–H groups in total. The summed E-state index contributed by atoms with van der Waals surface area (Å²) >= 11 is 0. The average Bonchev–Trinajstić information content (AvgIpc) is 2.30. The van der Waals surface area contributed by atoms with Crippen LogP contribution in [0.1, 0.15) is 25.7 Å². The van der Waals surface area contributed by atoms with E-state index in [0.29, 0.717) is 0 Å². The largest absolute Gasteiger partial charge is 0.330 e. The molecule has 2 saturated heterocycles. The van der Waals surface area contributed by atoms with Gasteiger partial charge in [0.1, 0.15) is 0 Å². The molecule has 0 aromatic carbocycles. The molecule has 14 heavy (non-hydrogen) atoms. The van der Waals surface area contributed by atoms with Crippen molar-refractivity contribution in [2.75, 3.05) is 32.7 Å². The fraction of sp³-hybridized carbons (Fsp3) is 1.00. The van der Waals surface area contributed by atoms with Gasteiger partial charge in [0.15, 0.2) is 0 Å². The van der Waals surface area contributed by atoms with Gasteiger partial charge in [0.2, 0.25) is 0 Å². The van der Waals surface area contributed by atoms with Crippen LogP contribution in [0.5, 0.6) is 0 Å². The smallest absolute Gasteiger partial charge is 0.0119 e. The zero-order valence-corrected chi connectivity index (χ0v) is 9.04. The second-order valence-corrected chi connectivity index (χ2v) is 4.72. The van der Waals surface area contributed by atoms with Crippen molar-refractivity contribution in [1.29, 1.82) is 0 Å². The molecule has 2 rings (SSSR count). The lowest BCUT2D eigenvalue weighted by atomic mass is 9.94. The fourth-order valence-corrected chi connectivity index (χ4v) is 2.79. The van der Waals surface area contributed by atoms with Crippen molar-refractivity contribution >= 4 is 0 Å². The van der Waals surface area contributed by atoms with Crippen molar-refractivity contribution in [3.63, 3.8) is 0 Å². The summed E-state index contributed by atoms with van der Waals surface area (Å²) in [4.78, 5) is 2.68.